The van der Waals surface area contributed by atoms with E-state index in [0.717, 1.165) is 16.7 Å². The van der Waals surface area contributed by atoms with E-state index in [1.807, 2.05) is 32.0 Å². The molecule has 0 fully saturated rings. The summed E-state index contributed by atoms with van der Waals surface area (Å²) in [6.45, 7) is 3.87. The topological polar surface area (TPSA) is 92.8 Å². The molecular weight excluding hydrogens is 440 g/mol. The summed E-state index contributed by atoms with van der Waals surface area (Å²) >= 11 is 0. The Morgan fingerprint density at radius 2 is 1.61 bits per heavy atom. The number of methoxy groups -OCH3 is 1. The number of amides is 1. The van der Waals surface area contributed by atoms with E-state index in [4.69, 9.17) is 4.74 Å². The van der Waals surface area contributed by atoms with Gasteiger partial charge in [0.15, 0.2) is 0 Å². The fourth-order valence-corrected chi connectivity index (χ4v) is 4.19. The number of benzene rings is 3. The van der Waals surface area contributed by atoms with Crippen LogP contribution < -0.4 is 9.62 Å². The number of anilines is 2. The van der Waals surface area contributed by atoms with Crippen LogP contribution in [0, 0.1) is 13.8 Å². The molecule has 33 heavy (non-hydrogen) atoms. The van der Waals surface area contributed by atoms with Gasteiger partial charge in [0.2, 0.25) is 10.0 Å². The molecule has 0 atom stereocenters. The summed E-state index contributed by atoms with van der Waals surface area (Å²) in [4.78, 5) is 24.5. The minimum absolute atomic E-state index is 0.143. The lowest BCUT2D eigenvalue weighted by atomic mass is 10.1. The van der Waals surface area contributed by atoms with Gasteiger partial charge in [0.25, 0.3) is 5.91 Å². The molecule has 0 aliphatic rings. The van der Waals surface area contributed by atoms with Crippen molar-refractivity contribution in [3.05, 3.63) is 94.5 Å². The summed E-state index contributed by atoms with van der Waals surface area (Å²) in [5.41, 5.74) is 4.33. The number of ether oxygens (including phenoxy) is 1. The fourth-order valence-electron chi connectivity index (χ4n) is 3.31. The van der Waals surface area contributed by atoms with Crippen molar-refractivity contribution in [2.75, 3.05) is 23.0 Å². The van der Waals surface area contributed by atoms with Crippen molar-refractivity contribution in [3.63, 3.8) is 0 Å². The molecule has 0 aliphatic heterocycles. The average Bonchev–Trinajstić information content (AvgIpc) is 2.78. The van der Waals surface area contributed by atoms with Gasteiger partial charge in [-0.3, -0.25) is 9.10 Å². The molecule has 0 saturated carbocycles. The Bertz CT molecular complexity index is 1280. The predicted molar refractivity (Wildman–Crippen MR) is 129 cm³/mol. The van der Waals surface area contributed by atoms with Crippen LogP contribution in [0.3, 0.4) is 0 Å². The van der Waals surface area contributed by atoms with Crippen molar-refractivity contribution in [3.8, 4) is 0 Å². The number of hydrogen-bond acceptors (Lipinski definition) is 5. The first kappa shape index (κ1) is 24.0. The van der Waals surface area contributed by atoms with Gasteiger partial charge in [-0.15, -0.1) is 0 Å². The van der Waals surface area contributed by atoms with E-state index in [2.05, 4.69) is 5.32 Å². The number of aryl methyl sites for hydroxylation is 2. The smallest absolute Gasteiger partial charge is 0.337 e. The van der Waals surface area contributed by atoms with Crippen LogP contribution in [-0.2, 0) is 21.3 Å². The van der Waals surface area contributed by atoms with Crippen LogP contribution in [0.25, 0.3) is 0 Å². The Labute approximate surface area is 194 Å². The van der Waals surface area contributed by atoms with Crippen LogP contribution in [0.15, 0.2) is 66.7 Å². The summed E-state index contributed by atoms with van der Waals surface area (Å²) in [6.07, 6.45) is 1.17. The van der Waals surface area contributed by atoms with Gasteiger partial charge in [0, 0.05) is 11.3 Å². The average molecular weight is 467 g/mol. The van der Waals surface area contributed by atoms with Gasteiger partial charge in [0.05, 0.1) is 31.2 Å². The van der Waals surface area contributed by atoms with Crippen molar-refractivity contribution in [1.82, 2.24) is 0 Å². The second kappa shape index (κ2) is 9.87. The fraction of sp³-hybridized carbons (Fsp3) is 0.200. The summed E-state index contributed by atoms with van der Waals surface area (Å²) in [5.74, 6) is -0.829. The van der Waals surface area contributed by atoms with Gasteiger partial charge in [-0.25, -0.2) is 13.2 Å². The van der Waals surface area contributed by atoms with Crippen LogP contribution in [0.1, 0.15) is 37.4 Å². The maximum absolute atomic E-state index is 12.7. The monoisotopic (exact) mass is 466 g/mol. The van der Waals surface area contributed by atoms with Gasteiger partial charge in [0.1, 0.15) is 0 Å². The number of rotatable bonds is 7. The van der Waals surface area contributed by atoms with E-state index >= 15 is 0 Å². The van der Waals surface area contributed by atoms with E-state index in [-0.39, 0.29) is 12.5 Å². The first-order chi connectivity index (χ1) is 15.6. The van der Waals surface area contributed by atoms with E-state index in [1.165, 1.54) is 17.7 Å². The molecule has 0 aliphatic carbocycles. The summed E-state index contributed by atoms with van der Waals surface area (Å²) in [6, 6.07) is 18.9. The van der Waals surface area contributed by atoms with E-state index in [1.54, 1.807) is 48.5 Å². The zero-order chi connectivity index (χ0) is 24.2. The zero-order valence-electron chi connectivity index (χ0n) is 19.0. The lowest BCUT2D eigenvalue weighted by molar-refractivity contribution is 0.0600. The molecule has 7 nitrogen and oxygen atoms in total. The van der Waals surface area contributed by atoms with Gasteiger partial charge in [-0.05, 0) is 66.9 Å². The van der Waals surface area contributed by atoms with Crippen LogP contribution in [-0.4, -0.2) is 33.7 Å². The highest BCUT2D eigenvalue weighted by molar-refractivity contribution is 7.92. The third kappa shape index (κ3) is 5.98. The predicted octanol–water partition coefficient (Wildman–Crippen LogP) is 4.31. The minimum atomic E-state index is -3.50. The van der Waals surface area contributed by atoms with E-state index < -0.39 is 16.0 Å². The highest BCUT2D eigenvalue weighted by atomic mass is 32.2. The first-order valence-electron chi connectivity index (χ1n) is 10.2. The number of carbonyl (C=O) groups is 2. The Hall–Kier alpha value is -3.65. The molecule has 0 spiro atoms. The largest absolute Gasteiger partial charge is 0.465 e. The standard InChI is InChI=1S/C25H26N2O5S/c1-17-6-5-7-22(14-17)27(33(4,30)31)16-19-9-12-20(13-10-19)24(28)26-23-15-21(25(29)32-3)11-8-18(23)2/h5-15H,16H2,1-4H3,(H,26,28). The lowest BCUT2D eigenvalue weighted by Crippen LogP contribution is -2.29. The van der Waals surface area contributed by atoms with Crippen LogP contribution in [0.5, 0.6) is 0 Å². The SMILES string of the molecule is COC(=O)c1ccc(C)c(NC(=O)c2ccc(CN(c3cccc(C)c3)S(C)(=O)=O)cc2)c1. The molecule has 3 rings (SSSR count). The molecule has 0 saturated heterocycles. The summed E-state index contributed by atoms with van der Waals surface area (Å²) in [7, 11) is -2.20. The van der Waals surface area contributed by atoms with Gasteiger partial charge < -0.3 is 10.1 Å². The van der Waals surface area contributed by atoms with Crippen molar-refractivity contribution in [1.29, 1.82) is 0 Å². The Morgan fingerprint density at radius 1 is 0.939 bits per heavy atom. The minimum Gasteiger partial charge on any atom is -0.465 e. The van der Waals surface area contributed by atoms with Gasteiger partial charge in [-0.2, -0.15) is 0 Å². The second-order valence-electron chi connectivity index (χ2n) is 7.78. The first-order valence-corrected chi connectivity index (χ1v) is 12.1. The lowest BCUT2D eigenvalue weighted by Gasteiger charge is -2.23. The molecular formula is C25H26N2O5S. The molecule has 8 heteroatoms. The van der Waals surface area contributed by atoms with E-state index in [9.17, 15) is 18.0 Å². The van der Waals surface area contributed by atoms with Crippen molar-refractivity contribution < 1.29 is 22.7 Å². The highest BCUT2D eigenvalue weighted by Gasteiger charge is 2.18. The number of sulfonamides is 1. The third-order valence-electron chi connectivity index (χ3n) is 5.14. The molecule has 0 unspecified atom stereocenters. The summed E-state index contributed by atoms with van der Waals surface area (Å²) in [5, 5.41) is 2.81. The van der Waals surface area contributed by atoms with E-state index in [0.29, 0.717) is 22.5 Å². The number of esters is 1. The molecule has 1 amide bonds. The number of hydrogen-bond donors (Lipinski definition) is 1. The molecule has 0 bridgehead atoms. The van der Waals surface area contributed by atoms with Gasteiger partial charge in [-0.1, -0.05) is 30.3 Å². The molecule has 0 radical (unpaired) electrons. The van der Waals surface area contributed by atoms with Crippen molar-refractivity contribution in [2.45, 2.75) is 20.4 Å². The maximum atomic E-state index is 12.7. The normalized spacial score (nSPS) is 11.0. The number of nitrogens with one attached hydrogen (secondary N) is 1. The molecule has 3 aromatic carbocycles. The highest BCUT2D eigenvalue weighted by Crippen LogP contribution is 2.23. The maximum Gasteiger partial charge on any atom is 0.337 e. The van der Waals surface area contributed by atoms with Crippen LogP contribution in [0.4, 0.5) is 11.4 Å². The van der Waals surface area contributed by atoms with Gasteiger partial charge >= 0.3 is 5.97 Å². The Morgan fingerprint density at radius 3 is 2.21 bits per heavy atom. The molecule has 1 N–H and O–H groups in total. The van der Waals surface area contributed by atoms with Crippen molar-refractivity contribution in [2.24, 2.45) is 0 Å². The van der Waals surface area contributed by atoms with Crippen molar-refractivity contribution >= 4 is 33.3 Å². The number of carbonyl (C=O) groups excluding carboxylic acids is 2. The van der Waals surface area contributed by atoms with Crippen LogP contribution >= 0.6 is 0 Å². The third-order valence-corrected chi connectivity index (χ3v) is 6.28. The quantitative estimate of drug-likeness (QED) is 0.524. The van der Waals surface area contributed by atoms with Crippen LogP contribution in [0.2, 0.25) is 0 Å². The molecule has 0 aromatic heterocycles. The number of nitrogens with zero attached hydrogens (tertiary/aromatic N) is 1. The second-order valence-corrected chi connectivity index (χ2v) is 9.69. The Kier molecular flexibility index (Phi) is 7.18. The Balaban J connectivity index is 1.78. The molecule has 0 heterocycles. The zero-order valence-corrected chi connectivity index (χ0v) is 19.8. The summed E-state index contributed by atoms with van der Waals surface area (Å²) < 4.78 is 30.8. The molecule has 3 aromatic rings. The molecule has 172 valence electrons.